The zero-order valence-corrected chi connectivity index (χ0v) is 19.1. The molecule has 3 aromatic heterocycles. The topological polar surface area (TPSA) is 62.6 Å². The van der Waals surface area contributed by atoms with Crippen LogP contribution in [0.25, 0.3) is 16.6 Å². The van der Waals surface area contributed by atoms with Crippen molar-refractivity contribution >= 4 is 10.9 Å². The fraction of sp³-hybridized carbons (Fsp3) is 0.423. The first-order valence-corrected chi connectivity index (χ1v) is 11.9. The number of alkyl halides is 1. The highest BCUT2D eigenvalue weighted by atomic mass is 19.1. The molecule has 1 N–H and O–H groups in total. The van der Waals surface area contributed by atoms with Crippen molar-refractivity contribution < 1.29 is 4.39 Å². The van der Waals surface area contributed by atoms with Crippen molar-refractivity contribution in [1.29, 1.82) is 0 Å². The SMILES string of the molecule is CC(CN1CCC(F)(CCCc2c[nH]c3ccc(-n4cnnc4)cc23)CC1)c1ccccn1. The maximum absolute atomic E-state index is 15.5. The van der Waals surface area contributed by atoms with Crippen LogP contribution >= 0.6 is 0 Å². The average Bonchev–Trinajstić information content (AvgIpc) is 3.52. The van der Waals surface area contributed by atoms with Crippen LogP contribution in [0.5, 0.6) is 0 Å². The highest BCUT2D eigenvalue weighted by molar-refractivity contribution is 5.85. The van der Waals surface area contributed by atoms with Gasteiger partial charge in [-0.3, -0.25) is 9.55 Å². The minimum atomic E-state index is -1.05. The number of likely N-dealkylation sites (tertiary alicyclic amines) is 1. The molecule has 4 aromatic rings. The van der Waals surface area contributed by atoms with Crippen molar-refractivity contribution in [3.05, 3.63) is 72.7 Å². The number of hydrogen-bond acceptors (Lipinski definition) is 4. The lowest BCUT2D eigenvalue weighted by Crippen LogP contribution is -2.43. The first-order valence-electron chi connectivity index (χ1n) is 11.9. The summed E-state index contributed by atoms with van der Waals surface area (Å²) in [5, 5.41) is 8.97. The van der Waals surface area contributed by atoms with E-state index in [9.17, 15) is 0 Å². The molecule has 1 aromatic carbocycles. The zero-order valence-electron chi connectivity index (χ0n) is 19.1. The van der Waals surface area contributed by atoms with Gasteiger partial charge in [-0.15, -0.1) is 10.2 Å². The van der Waals surface area contributed by atoms with Crippen molar-refractivity contribution in [1.82, 2.24) is 29.6 Å². The maximum atomic E-state index is 15.5. The van der Waals surface area contributed by atoms with E-state index in [1.807, 2.05) is 29.0 Å². The molecule has 0 bridgehead atoms. The third-order valence-electron chi connectivity index (χ3n) is 7.02. The Balaban J connectivity index is 1.14. The number of H-pyrrole nitrogens is 1. The number of pyridine rings is 1. The van der Waals surface area contributed by atoms with Crippen molar-refractivity contribution in [3.63, 3.8) is 0 Å². The molecule has 1 aliphatic heterocycles. The van der Waals surface area contributed by atoms with Crippen molar-refractivity contribution in [2.45, 2.75) is 50.6 Å². The van der Waals surface area contributed by atoms with Gasteiger partial charge in [0.1, 0.15) is 18.3 Å². The minimum absolute atomic E-state index is 0.364. The van der Waals surface area contributed by atoms with E-state index in [-0.39, 0.29) is 0 Å². The van der Waals surface area contributed by atoms with Crippen LogP contribution in [0.3, 0.4) is 0 Å². The van der Waals surface area contributed by atoms with Gasteiger partial charge < -0.3 is 9.88 Å². The first-order chi connectivity index (χ1) is 16.1. The van der Waals surface area contributed by atoms with Crippen LogP contribution in [-0.4, -0.2) is 54.9 Å². The molecule has 0 radical (unpaired) electrons. The molecule has 0 saturated carbocycles. The van der Waals surface area contributed by atoms with Gasteiger partial charge in [0.05, 0.1) is 0 Å². The summed E-state index contributed by atoms with van der Waals surface area (Å²) >= 11 is 0. The number of aryl methyl sites for hydroxylation is 1. The summed E-state index contributed by atoms with van der Waals surface area (Å²) in [6.45, 7) is 4.79. The van der Waals surface area contributed by atoms with Gasteiger partial charge in [-0.05, 0) is 68.0 Å². The molecule has 172 valence electrons. The first kappa shape index (κ1) is 21.8. The van der Waals surface area contributed by atoms with Crippen LogP contribution < -0.4 is 0 Å². The number of piperidine rings is 1. The van der Waals surface area contributed by atoms with E-state index in [1.54, 1.807) is 12.7 Å². The van der Waals surface area contributed by atoms with Gasteiger partial charge in [-0.25, -0.2) is 4.39 Å². The summed E-state index contributed by atoms with van der Waals surface area (Å²) in [6.07, 6.45) is 10.9. The van der Waals surface area contributed by atoms with E-state index in [4.69, 9.17) is 0 Å². The molecule has 33 heavy (non-hydrogen) atoms. The summed E-state index contributed by atoms with van der Waals surface area (Å²) in [4.78, 5) is 10.2. The minimum Gasteiger partial charge on any atom is -0.361 e. The summed E-state index contributed by atoms with van der Waals surface area (Å²) in [5.41, 5.74) is 3.44. The van der Waals surface area contributed by atoms with Crippen LogP contribution in [0.1, 0.15) is 49.8 Å². The van der Waals surface area contributed by atoms with Gasteiger partial charge in [0, 0.05) is 60.2 Å². The van der Waals surface area contributed by atoms with E-state index < -0.39 is 5.67 Å². The summed E-state index contributed by atoms with van der Waals surface area (Å²) in [7, 11) is 0. The van der Waals surface area contributed by atoms with Crippen molar-refractivity contribution in [3.8, 4) is 5.69 Å². The second-order valence-electron chi connectivity index (χ2n) is 9.37. The second kappa shape index (κ2) is 9.43. The summed E-state index contributed by atoms with van der Waals surface area (Å²) in [5.74, 6) is 0.364. The molecule has 4 heterocycles. The molecule has 1 unspecified atom stereocenters. The number of nitrogens with one attached hydrogen (secondary N) is 1. The lowest BCUT2D eigenvalue weighted by Gasteiger charge is -2.37. The number of fused-ring (bicyclic) bond motifs is 1. The molecular weight excluding hydrogens is 415 g/mol. The van der Waals surface area contributed by atoms with Crippen LogP contribution in [0, 0.1) is 0 Å². The predicted octanol–water partition coefficient (Wildman–Crippen LogP) is 5.07. The second-order valence-corrected chi connectivity index (χ2v) is 9.37. The molecule has 1 saturated heterocycles. The molecule has 1 atom stereocenters. The highest BCUT2D eigenvalue weighted by Crippen LogP contribution is 2.33. The molecular formula is C26H31FN6. The van der Waals surface area contributed by atoms with Crippen LogP contribution in [-0.2, 0) is 6.42 Å². The van der Waals surface area contributed by atoms with E-state index >= 15 is 4.39 Å². The molecule has 6 nitrogen and oxygen atoms in total. The number of aromatic amines is 1. The third kappa shape index (κ3) is 4.98. The standard InChI is InChI=1S/C26H31FN6/c1-20(24-6-2-3-12-28-24)17-32-13-10-26(27,11-14-32)9-4-5-21-16-29-25-8-7-22(15-23(21)25)33-18-30-31-19-33/h2-3,6-8,12,15-16,18-20,29H,4-5,9-11,13-14,17H2,1H3. The number of nitrogens with zero attached hydrogens (tertiary/aromatic N) is 5. The molecule has 0 amide bonds. The zero-order chi connectivity index (χ0) is 22.7. The van der Waals surface area contributed by atoms with Gasteiger partial charge >= 0.3 is 0 Å². The average molecular weight is 447 g/mol. The highest BCUT2D eigenvalue weighted by Gasteiger charge is 2.34. The summed E-state index contributed by atoms with van der Waals surface area (Å²) in [6, 6.07) is 12.3. The Morgan fingerprint density at radius 2 is 1.94 bits per heavy atom. The maximum Gasteiger partial charge on any atom is 0.123 e. The van der Waals surface area contributed by atoms with E-state index in [2.05, 4.69) is 56.4 Å². The Kier molecular flexibility index (Phi) is 6.22. The van der Waals surface area contributed by atoms with Gasteiger partial charge in [0.2, 0.25) is 0 Å². The number of benzene rings is 1. The van der Waals surface area contributed by atoms with Crippen LogP contribution in [0.15, 0.2) is 61.4 Å². The molecule has 0 spiro atoms. The molecule has 1 fully saturated rings. The lowest BCUT2D eigenvalue weighted by atomic mass is 9.87. The van der Waals surface area contributed by atoms with Gasteiger partial charge in [-0.1, -0.05) is 13.0 Å². The Morgan fingerprint density at radius 3 is 2.70 bits per heavy atom. The molecule has 1 aliphatic rings. The Hall–Kier alpha value is -3.06. The number of aromatic nitrogens is 5. The predicted molar refractivity (Wildman–Crippen MR) is 128 cm³/mol. The van der Waals surface area contributed by atoms with Gasteiger partial charge in [0.15, 0.2) is 0 Å². The normalized spacial score (nSPS) is 17.4. The van der Waals surface area contributed by atoms with E-state index in [0.29, 0.717) is 25.2 Å². The Bertz CT molecular complexity index is 1160. The van der Waals surface area contributed by atoms with E-state index in [0.717, 1.165) is 49.4 Å². The van der Waals surface area contributed by atoms with Crippen molar-refractivity contribution in [2.24, 2.45) is 0 Å². The molecule has 7 heteroatoms. The largest absolute Gasteiger partial charge is 0.361 e. The quantitative estimate of drug-likeness (QED) is 0.410. The number of hydrogen-bond donors (Lipinski definition) is 1. The fourth-order valence-corrected chi connectivity index (χ4v) is 5.00. The third-order valence-corrected chi connectivity index (χ3v) is 7.02. The summed E-state index contributed by atoms with van der Waals surface area (Å²) < 4.78 is 17.4. The lowest BCUT2D eigenvalue weighted by molar-refractivity contribution is 0.0473. The Morgan fingerprint density at radius 1 is 1.12 bits per heavy atom. The van der Waals surface area contributed by atoms with E-state index in [1.165, 1.54) is 10.9 Å². The van der Waals surface area contributed by atoms with Crippen LogP contribution in [0.4, 0.5) is 4.39 Å². The van der Waals surface area contributed by atoms with Gasteiger partial charge in [0.25, 0.3) is 0 Å². The number of halogens is 1. The monoisotopic (exact) mass is 446 g/mol. The molecule has 0 aliphatic carbocycles. The van der Waals surface area contributed by atoms with Crippen molar-refractivity contribution in [2.75, 3.05) is 19.6 Å². The Labute approximate surface area is 193 Å². The smallest absolute Gasteiger partial charge is 0.123 e. The number of rotatable bonds is 8. The van der Waals surface area contributed by atoms with Gasteiger partial charge in [-0.2, -0.15) is 0 Å². The molecule has 5 rings (SSSR count). The van der Waals surface area contributed by atoms with Crippen LogP contribution in [0.2, 0.25) is 0 Å². The fourth-order valence-electron chi connectivity index (χ4n) is 5.00.